The molecule has 3 nitrogen and oxygen atoms in total. The molecule has 1 aromatic rings. The fourth-order valence-corrected chi connectivity index (χ4v) is 2.87. The van der Waals surface area contributed by atoms with Crippen LogP contribution in [0.2, 0.25) is 0 Å². The summed E-state index contributed by atoms with van der Waals surface area (Å²) in [5.74, 6) is -2.49. The second kappa shape index (κ2) is 5.87. The van der Waals surface area contributed by atoms with Gasteiger partial charge in [0.25, 0.3) is 0 Å². The molecule has 2 rings (SSSR count). The Bertz CT molecular complexity index is 507. The zero-order valence-corrected chi connectivity index (χ0v) is 11.5. The summed E-state index contributed by atoms with van der Waals surface area (Å²) in [7, 11) is 0. The summed E-state index contributed by atoms with van der Waals surface area (Å²) in [5.41, 5.74) is -0.0437. The second-order valence-corrected chi connectivity index (χ2v) is 5.50. The van der Waals surface area contributed by atoms with Gasteiger partial charge in [0.05, 0.1) is 5.41 Å². The number of nitrogens with zero attached hydrogens (tertiary/aromatic N) is 1. The van der Waals surface area contributed by atoms with Gasteiger partial charge in [-0.1, -0.05) is 13.0 Å². The lowest BCUT2D eigenvalue weighted by Gasteiger charge is -2.39. The number of halogens is 2. The van der Waals surface area contributed by atoms with Crippen molar-refractivity contribution in [2.75, 3.05) is 13.1 Å². The number of hydrogen-bond acceptors (Lipinski definition) is 2. The van der Waals surface area contributed by atoms with Crippen molar-refractivity contribution >= 4 is 5.97 Å². The van der Waals surface area contributed by atoms with Crippen LogP contribution in [0.15, 0.2) is 18.2 Å². The van der Waals surface area contributed by atoms with Crippen LogP contribution in [0.4, 0.5) is 8.78 Å². The first-order valence-corrected chi connectivity index (χ1v) is 6.86. The molecule has 1 atom stereocenters. The number of rotatable bonds is 4. The van der Waals surface area contributed by atoms with E-state index in [0.717, 1.165) is 19.0 Å². The number of carboxylic acid groups (broad SMARTS) is 1. The van der Waals surface area contributed by atoms with Gasteiger partial charge in [-0.15, -0.1) is 0 Å². The maximum atomic E-state index is 13.2. The van der Waals surface area contributed by atoms with Crippen LogP contribution in [0.25, 0.3) is 0 Å². The van der Waals surface area contributed by atoms with Crippen LogP contribution in [0, 0.1) is 17.0 Å². The first-order valence-electron chi connectivity index (χ1n) is 6.86. The van der Waals surface area contributed by atoms with E-state index in [1.54, 1.807) is 6.07 Å². The highest BCUT2D eigenvalue weighted by Crippen LogP contribution is 2.34. The van der Waals surface area contributed by atoms with Gasteiger partial charge in [-0.05, 0) is 43.5 Å². The lowest BCUT2D eigenvalue weighted by atomic mass is 9.77. The van der Waals surface area contributed by atoms with Gasteiger partial charge in [-0.2, -0.15) is 0 Å². The molecular weight excluding hydrogens is 264 g/mol. The molecule has 1 unspecified atom stereocenters. The average molecular weight is 283 g/mol. The summed E-state index contributed by atoms with van der Waals surface area (Å²) in [6.07, 6.45) is 2.06. The van der Waals surface area contributed by atoms with Gasteiger partial charge in [-0.3, -0.25) is 9.69 Å². The van der Waals surface area contributed by atoms with Gasteiger partial charge in [-0.25, -0.2) is 8.78 Å². The molecule has 1 aliphatic heterocycles. The fraction of sp³-hybridized carbons (Fsp3) is 0.533. The molecule has 0 amide bonds. The van der Waals surface area contributed by atoms with Crippen molar-refractivity contribution < 1.29 is 18.7 Å². The van der Waals surface area contributed by atoms with Crippen LogP contribution in [0.1, 0.15) is 31.7 Å². The predicted molar refractivity (Wildman–Crippen MR) is 71.2 cm³/mol. The molecule has 0 aromatic heterocycles. The van der Waals surface area contributed by atoms with Crippen molar-refractivity contribution in [2.45, 2.75) is 32.7 Å². The molecule has 0 bridgehead atoms. The normalized spacial score (nSPS) is 23.8. The quantitative estimate of drug-likeness (QED) is 0.923. The van der Waals surface area contributed by atoms with Crippen LogP contribution in [0.5, 0.6) is 0 Å². The van der Waals surface area contributed by atoms with Crippen molar-refractivity contribution in [1.82, 2.24) is 4.90 Å². The number of likely N-dealkylation sites (tertiary alicyclic amines) is 1. The zero-order chi connectivity index (χ0) is 14.8. The van der Waals surface area contributed by atoms with Gasteiger partial charge < -0.3 is 5.11 Å². The standard InChI is InChI=1S/C15H19F2NO2/c1-2-15(14(19)20)6-3-7-18(10-15)9-11-4-5-12(16)13(17)8-11/h4-5,8H,2-3,6-7,9-10H2,1H3,(H,19,20). The number of aliphatic carboxylic acids is 1. The maximum absolute atomic E-state index is 13.2. The Balaban J connectivity index is 2.09. The molecular formula is C15H19F2NO2. The van der Waals surface area contributed by atoms with E-state index in [1.165, 1.54) is 6.07 Å². The summed E-state index contributed by atoms with van der Waals surface area (Å²) in [6.45, 7) is 3.58. The Morgan fingerprint density at radius 2 is 2.15 bits per heavy atom. The molecule has 5 heteroatoms. The van der Waals surface area contributed by atoms with Crippen LogP contribution in [-0.4, -0.2) is 29.1 Å². The van der Waals surface area contributed by atoms with Crippen molar-refractivity contribution in [1.29, 1.82) is 0 Å². The summed E-state index contributed by atoms with van der Waals surface area (Å²) in [6, 6.07) is 3.83. The van der Waals surface area contributed by atoms with Gasteiger partial charge >= 0.3 is 5.97 Å². The molecule has 0 spiro atoms. The first kappa shape index (κ1) is 14.9. The topological polar surface area (TPSA) is 40.5 Å². The van der Waals surface area contributed by atoms with Crippen LogP contribution >= 0.6 is 0 Å². The Morgan fingerprint density at radius 3 is 2.75 bits per heavy atom. The minimum Gasteiger partial charge on any atom is -0.481 e. The van der Waals surface area contributed by atoms with Crippen molar-refractivity contribution in [3.05, 3.63) is 35.4 Å². The summed E-state index contributed by atoms with van der Waals surface area (Å²) in [5, 5.41) is 9.42. The second-order valence-electron chi connectivity index (χ2n) is 5.50. The Hall–Kier alpha value is -1.49. The van der Waals surface area contributed by atoms with Gasteiger partial charge in [0, 0.05) is 13.1 Å². The van der Waals surface area contributed by atoms with E-state index in [0.29, 0.717) is 31.5 Å². The Morgan fingerprint density at radius 1 is 1.40 bits per heavy atom. The van der Waals surface area contributed by atoms with E-state index in [4.69, 9.17) is 0 Å². The highest BCUT2D eigenvalue weighted by molar-refractivity contribution is 5.75. The largest absolute Gasteiger partial charge is 0.481 e. The highest BCUT2D eigenvalue weighted by Gasteiger charge is 2.40. The van der Waals surface area contributed by atoms with Gasteiger partial charge in [0.1, 0.15) is 0 Å². The van der Waals surface area contributed by atoms with Crippen molar-refractivity contribution in [2.24, 2.45) is 5.41 Å². The minimum absolute atomic E-state index is 0.451. The number of piperidine rings is 1. The lowest BCUT2D eigenvalue weighted by molar-refractivity contribution is -0.153. The number of hydrogen-bond donors (Lipinski definition) is 1. The third kappa shape index (κ3) is 2.98. The fourth-order valence-electron chi connectivity index (χ4n) is 2.87. The third-order valence-electron chi connectivity index (χ3n) is 4.18. The first-order chi connectivity index (χ1) is 9.47. The zero-order valence-electron chi connectivity index (χ0n) is 11.5. The molecule has 1 aromatic carbocycles. The molecule has 0 radical (unpaired) electrons. The summed E-state index contributed by atoms with van der Waals surface area (Å²) in [4.78, 5) is 13.5. The molecule has 110 valence electrons. The van der Waals surface area contributed by atoms with Gasteiger partial charge in [0.2, 0.25) is 0 Å². The average Bonchev–Trinajstić information content (AvgIpc) is 2.43. The van der Waals surface area contributed by atoms with Crippen LogP contribution < -0.4 is 0 Å². The minimum atomic E-state index is -0.862. The van der Waals surface area contributed by atoms with E-state index in [2.05, 4.69) is 0 Å². The van der Waals surface area contributed by atoms with E-state index >= 15 is 0 Å². The SMILES string of the molecule is CCC1(C(=O)O)CCCN(Cc2ccc(F)c(F)c2)C1. The molecule has 0 aliphatic carbocycles. The molecule has 0 saturated carbocycles. The highest BCUT2D eigenvalue weighted by atomic mass is 19.2. The molecule has 1 N–H and O–H groups in total. The summed E-state index contributed by atoms with van der Waals surface area (Å²) >= 11 is 0. The number of carbonyl (C=O) groups is 1. The smallest absolute Gasteiger partial charge is 0.310 e. The number of benzene rings is 1. The van der Waals surface area contributed by atoms with Crippen molar-refractivity contribution in [3.8, 4) is 0 Å². The predicted octanol–water partition coefficient (Wildman–Crippen LogP) is 3.04. The molecule has 1 fully saturated rings. The van der Waals surface area contributed by atoms with Crippen molar-refractivity contribution in [3.63, 3.8) is 0 Å². The van der Waals surface area contributed by atoms with Crippen LogP contribution in [-0.2, 0) is 11.3 Å². The molecule has 20 heavy (non-hydrogen) atoms. The maximum Gasteiger partial charge on any atom is 0.310 e. The Labute approximate surface area is 117 Å². The molecule has 1 heterocycles. The van der Waals surface area contributed by atoms with E-state index in [1.807, 2.05) is 11.8 Å². The number of carboxylic acids is 1. The van der Waals surface area contributed by atoms with Gasteiger partial charge in [0.15, 0.2) is 11.6 Å². The monoisotopic (exact) mass is 283 g/mol. The van der Waals surface area contributed by atoms with E-state index in [9.17, 15) is 18.7 Å². The summed E-state index contributed by atoms with van der Waals surface area (Å²) < 4.78 is 26.1. The molecule has 1 aliphatic rings. The third-order valence-corrected chi connectivity index (χ3v) is 4.18. The lowest BCUT2D eigenvalue weighted by Crippen LogP contribution is -2.47. The molecule has 1 saturated heterocycles. The Kier molecular flexibility index (Phi) is 4.38. The van der Waals surface area contributed by atoms with Crippen LogP contribution in [0.3, 0.4) is 0 Å². The van der Waals surface area contributed by atoms with E-state index < -0.39 is 23.0 Å². The van der Waals surface area contributed by atoms with E-state index in [-0.39, 0.29) is 0 Å².